The van der Waals surface area contributed by atoms with Gasteiger partial charge in [-0.2, -0.15) is 5.26 Å². The van der Waals surface area contributed by atoms with Crippen molar-refractivity contribution in [2.45, 2.75) is 33.5 Å². The third kappa shape index (κ3) is 3.18. The normalized spacial score (nSPS) is 27.7. The van der Waals surface area contributed by atoms with Gasteiger partial charge < -0.3 is 14.9 Å². The quantitative estimate of drug-likeness (QED) is 0.398. The van der Waals surface area contributed by atoms with E-state index in [-0.39, 0.29) is 21.5 Å². The molecule has 38 heavy (non-hydrogen) atoms. The van der Waals surface area contributed by atoms with E-state index >= 15 is 0 Å². The van der Waals surface area contributed by atoms with E-state index < -0.39 is 38.3 Å². The van der Waals surface area contributed by atoms with Crippen LogP contribution in [-0.2, 0) is 21.0 Å². The molecule has 0 bridgehead atoms. The number of pyridine rings is 2. The number of benzene rings is 2. The second-order valence-corrected chi connectivity index (χ2v) is 11.8. The van der Waals surface area contributed by atoms with Gasteiger partial charge in [-0.05, 0) is 35.4 Å². The molecule has 2 N–H and O–H groups in total. The van der Waals surface area contributed by atoms with E-state index in [1.54, 1.807) is 66.7 Å². The summed E-state index contributed by atoms with van der Waals surface area (Å²) in [6, 6.07) is 23.0. The fraction of sp³-hybridized carbons (Fsp3) is 0.179. The monoisotopic (exact) mass is 545 g/mol. The number of halogens is 1. The Labute approximate surface area is 223 Å². The Hall–Kier alpha value is -3.81. The molecule has 1 saturated carbocycles. The first-order valence-corrected chi connectivity index (χ1v) is 13.6. The van der Waals surface area contributed by atoms with Crippen LogP contribution < -0.4 is 4.74 Å². The summed E-state index contributed by atoms with van der Waals surface area (Å²) >= 11 is 6.20. The average molecular weight is 546 g/mol. The molecule has 0 spiro atoms. The maximum atomic E-state index is 14.2. The second-order valence-electron chi connectivity index (χ2n) is 9.30. The molecule has 2 aromatic carbocycles. The molecule has 0 amide bonds. The summed E-state index contributed by atoms with van der Waals surface area (Å²) in [5.41, 5.74) is -2.96. The predicted molar refractivity (Wildman–Crippen MR) is 137 cm³/mol. The summed E-state index contributed by atoms with van der Waals surface area (Å²) in [5, 5.41) is 32.3. The van der Waals surface area contributed by atoms with Crippen molar-refractivity contribution in [3.63, 3.8) is 0 Å². The molecule has 2 aromatic heterocycles. The molecule has 2 aliphatic rings. The summed E-state index contributed by atoms with van der Waals surface area (Å²) in [6.45, 7) is 0. The topological polar surface area (TPSA) is 133 Å². The van der Waals surface area contributed by atoms with Gasteiger partial charge in [0.15, 0.2) is 16.2 Å². The Kier molecular flexibility index (Phi) is 5.56. The Morgan fingerprint density at radius 1 is 1.00 bits per heavy atom. The SMILES string of the molecule is N#Cc1ccc([C@]23Oc4cc(Cl)cnc4[C@]2(O)[C@H](O)[C@@H](S(=O)(=O)c2ccccn2)[C@H]3c2ccccc2)cc1. The lowest BCUT2D eigenvalue weighted by Gasteiger charge is -2.40. The van der Waals surface area contributed by atoms with Gasteiger partial charge in [-0.15, -0.1) is 0 Å². The number of aliphatic hydroxyl groups is 2. The van der Waals surface area contributed by atoms with Crippen LogP contribution in [0.1, 0.15) is 28.3 Å². The maximum absolute atomic E-state index is 14.2. The Morgan fingerprint density at radius 2 is 1.71 bits per heavy atom. The van der Waals surface area contributed by atoms with Crippen molar-refractivity contribution in [3.8, 4) is 11.8 Å². The Morgan fingerprint density at radius 3 is 2.37 bits per heavy atom. The molecular formula is C28H20ClN3O5S. The Balaban J connectivity index is 1.71. The number of fused-ring (bicyclic) bond motifs is 3. The minimum atomic E-state index is -4.34. The van der Waals surface area contributed by atoms with Crippen LogP contribution in [0.4, 0.5) is 0 Å². The molecule has 3 heterocycles. The van der Waals surface area contributed by atoms with E-state index in [2.05, 4.69) is 16.0 Å². The van der Waals surface area contributed by atoms with Gasteiger partial charge in [-0.1, -0.05) is 60.1 Å². The molecule has 1 aliphatic carbocycles. The number of nitriles is 1. The van der Waals surface area contributed by atoms with Crippen molar-refractivity contribution in [3.05, 3.63) is 119 Å². The third-order valence-corrected chi connectivity index (χ3v) is 9.69. The number of sulfone groups is 1. The van der Waals surface area contributed by atoms with Crippen LogP contribution >= 0.6 is 11.6 Å². The largest absolute Gasteiger partial charge is 0.476 e. The van der Waals surface area contributed by atoms with Gasteiger partial charge in [-0.25, -0.2) is 13.4 Å². The van der Waals surface area contributed by atoms with Crippen molar-refractivity contribution in [1.82, 2.24) is 9.97 Å². The summed E-state index contributed by atoms with van der Waals surface area (Å²) in [4.78, 5) is 8.37. The fourth-order valence-electron chi connectivity index (χ4n) is 5.86. The number of hydrogen-bond acceptors (Lipinski definition) is 8. The lowest BCUT2D eigenvalue weighted by molar-refractivity contribution is -0.150. The van der Waals surface area contributed by atoms with E-state index in [9.17, 15) is 23.9 Å². The molecule has 0 saturated heterocycles. The van der Waals surface area contributed by atoms with Crippen molar-refractivity contribution < 1.29 is 23.4 Å². The number of hydrogen-bond donors (Lipinski definition) is 2. The highest BCUT2D eigenvalue weighted by molar-refractivity contribution is 7.92. The van der Waals surface area contributed by atoms with Gasteiger partial charge in [0.25, 0.3) is 0 Å². The summed E-state index contributed by atoms with van der Waals surface area (Å²) < 4.78 is 34.9. The minimum Gasteiger partial charge on any atom is -0.476 e. The fourth-order valence-corrected chi connectivity index (χ4v) is 8.01. The molecule has 0 unspecified atom stereocenters. The Bertz CT molecular complexity index is 1680. The number of rotatable bonds is 4. The molecular weight excluding hydrogens is 526 g/mol. The second kappa shape index (κ2) is 8.61. The minimum absolute atomic E-state index is 0.0292. The van der Waals surface area contributed by atoms with Crippen molar-refractivity contribution in [2.75, 3.05) is 0 Å². The summed E-state index contributed by atoms with van der Waals surface area (Å²) in [7, 11) is -4.34. The number of nitrogens with zero attached hydrogens (tertiary/aromatic N) is 3. The molecule has 10 heteroatoms. The van der Waals surface area contributed by atoms with Gasteiger partial charge in [-0.3, -0.25) is 4.98 Å². The van der Waals surface area contributed by atoms with Gasteiger partial charge >= 0.3 is 0 Å². The molecule has 4 aromatic rings. The highest BCUT2D eigenvalue weighted by Crippen LogP contribution is 2.67. The standard InChI is InChI=1S/C28H20ClN3O5S/c29-20-14-21-25(32-16-20)27(34)26(33)24(38(35,36)22-8-4-5-13-31-22)23(18-6-2-1-3-7-18)28(27,37-21)19-11-9-17(15-30)10-12-19/h1-14,16,23-24,26,33-34H/t23-,24+,26-,27+,28-/m1/s1. The van der Waals surface area contributed by atoms with Crippen LogP contribution in [0.25, 0.3) is 0 Å². The van der Waals surface area contributed by atoms with Gasteiger partial charge in [0.05, 0.1) is 22.6 Å². The predicted octanol–water partition coefficient (Wildman–Crippen LogP) is 3.48. The van der Waals surface area contributed by atoms with Crippen LogP contribution in [0.15, 0.2) is 96.3 Å². The first-order chi connectivity index (χ1) is 18.2. The third-order valence-electron chi connectivity index (χ3n) is 7.41. The average Bonchev–Trinajstić information content (AvgIpc) is 3.32. The smallest absolute Gasteiger partial charge is 0.201 e. The van der Waals surface area contributed by atoms with Crippen LogP contribution in [0.5, 0.6) is 5.75 Å². The zero-order chi connectivity index (χ0) is 26.7. The number of aromatic nitrogens is 2. The molecule has 6 rings (SSSR count). The maximum Gasteiger partial charge on any atom is 0.201 e. The van der Waals surface area contributed by atoms with E-state index in [4.69, 9.17) is 16.3 Å². The van der Waals surface area contributed by atoms with Crippen molar-refractivity contribution in [2.24, 2.45) is 0 Å². The zero-order valence-electron chi connectivity index (χ0n) is 19.6. The zero-order valence-corrected chi connectivity index (χ0v) is 21.2. The first kappa shape index (κ1) is 24.5. The lowest BCUT2D eigenvalue weighted by Crippen LogP contribution is -2.52. The van der Waals surface area contributed by atoms with Gasteiger partial charge in [0, 0.05) is 18.5 Å². The molecule has 190 valence electrons. The van der Waals surface area contributed by atoms with Crippen molar-refractivity contribution in [1.29, 1.82) is 5.26 Å². The van der Waals surface area contributed by atoms with E-state index in [1.807, 2.05) is 0 Å². The number of ether oxygens (including phenoxy) is 1. The van der Waals surface area contributed by atoms with Gasteiger partial charge in [0.2, 0.25) is 9.84 Å². The van der Waals surface area contributed by atoms with Gasteiger partial charge in [0.1, 0.15) is 22.8 Å². The summed E-state index contributed by atoms with van der Waals surface area (Å²) in [5.74, 6) is -1.00. The van der Waals surface area contributed by atoms with Crippen LogP contribution in [0.2, 0.25) is 5.02 Å². The highest BCUT2D eigenvalue weighted by Gasteiger charge is 2.79. The molecule has 1 aliphatic heterocycles. The van der Waals surface area contributed by atoms with E-state index in [0.717, 1.165) is 0 Å². The molecule has 8 nitrogen and oxygen atoms in total. The number of aliphatic hydroxyl groups excluding tert-OH is 1. The van der Waals surface area contributed by atoms with E-state index in [1.165, 1.54) is 24.5 Å². The van der Waals surface area contributed by atoms with E-state index in [0.29, 0.717) is 16.7 Å². The van der Waals surface area contributed by atoms with Crippen LogP contribution in [-0.4, -0.2) is 40.0 Å². The lowest BCUT2D eigenvalue weighted by atomic mass is 9.72. The molecule has 1 fully saturated rings. The van der Waals surface area contributed by atoms with Crippen LogP contribution in [0.3, 0.4) is 0 Å². The van der Waals surface area contributed by atoms with Crippen LogP contribution in [0, 0.1) is 11.3 Å². The van der Waals surface area contributed by atoms with Crippen molar-refractivity contribution >= 4 is 21.4 Å². The summed E-state index contributed by atoms with van der Waals surface area (Å²) in [6.07, 6.45) is 0.777. The molecule has 0 radical (unpaired) electrons. The highest BCUT2D eigenvalue weighted by atomic mass is 35.5. The first-order valence-electron chi connectivity index (χ1n) is 11.7. The molecule has 5 atom stereocenters.